The monoisotopic (exact) mass is 412 g/mol. The largest absolute Gasteiger partial charge is 0.416 e. The number of rotatable bonds is 5. The van der Waals surface area contributed by atoms with Gasteiger partial charge in [-0.05, 0) is 56.2 Å². The second kappa shape index (κ2) is 8.77. The Balaban J connectivity index is 1.95. The molecule has 0 bridgehead atoms. The lowest BCUT2D eigenvalue weighted by Crippen LogP contribution is -2.28. The second-order valence-corrected chi connectivity index (χ2v) is 9.51. The number of amides is 2. The van der Waals surface area contributed by atoms with Crippen molar-refractivity contribution in [1.82, 2.24) is 5.32 Å². The quantitative estimate of drug-likeness (QED) is 0.720. The molecule has 2 aromatic carbocycles. The van der Waals surface area contributed by atoms with E-state index >= 15 is 0 Å². The first-order valence-electron chi connectivity index (χ1n) is 8.63. The number of halogens is 3. The molecule has 0 aromatic heterocycles. The van der Waals surface area contributed by atoms with Crippen LogP contribution in [0.25, 0.3) is 0 Å². The number of benzene rings is 2. The lowest BCUT2D eigenvalue weighted by atomic mass is 10.1. The number of urea groups is 1. The number of carbonyl (C=O) groups is 1. The van der Waals surface area contributed by atoms with Gasteiger partial charge in [-0.1, -0.05) is 24.3 Å². The number of nitrogens with one attached hydrogen (secondary N) is 2. The fourth-order valence-electron chi connectivity index (χ4n) is 2.32. The van der Waals surface area contributed by atoms with Crippen LogP contribution in [0.15, 0.2) is 48.5 Å². The minimum atomic E-state index is -4.42. The van der Waals surface area contributed by atoms with Crippen LogP contribution in [0.4, 0.5) is 23.7 Å². The third kappa shape index (κ3) is 6.67. The summed E-state index contributed by atoms with van der Waals surface area (Å²) in [7, 11) is -1.07. The van der Waals surface area contributed by atoms with Crippen LogP contribution in [0.5, 0.6) is 0 Å². The number of carbonyl (C=O) groups excluding carboxylic acids is 1. The first kappa shape index (κ1) is 21.9. The molecule has 0 saturated heterocycles. The first-order valence-corrected chi connectivity index (χ1v) is 9.95. The molecule has 1 unspecified atom stereocenters. The molecule has 0 heterocycles. The Morgan fingerprint density at radius 2 is 1.64 bits per heavy atom. The zero-order valence-electron chi connectivity index (χ0n) is 15.9. The Bertz CT molecular complexity index is 861. The summed E-state index contributed by atoms with van der Waals surface area (Å²) >= 11 is 0. The van der Waals surface area contributed by atoms with Gasteiger partial charge in [-0.3, -0.25) is 4.21 Å². The Kier molecular flexibility index (Phi) is 6.87. The van der Waals surface area contributed by atoms with Gasteiger partial charge in [-0.15, -0.1) is 0 Å². The molecule has 0 fully saturated rings. The lowest BCUT2D eigenvalue weighted by molar-refractivity contribution is -0.137. The average Bonchev–Trinajstić information content (AvgIpc) is 2.59. The molecule has 0 spiro atoms. The molecule has 0 aliphatic carbocycles. The summed E-state index contributed by atoms with van der Waals surface area (Å²) in [6, 6.07) is 11.3. The summed E-state index contributed by atoms with van der Waals surface area (Å²) < 4.78 is 50.1. The van der Waals surface area contributed by atoms with E-state index in [1.807, 2.05) is 26.8 Å². The van der Waals surface area contributed by atoms with Gasteiger partial charge in [0.05, 0.1) is 5.56 Å². The molecule has 152 valence electrons. The summed E-state index contributed by atoms with van der Waals surface area (Å²) in [5.74, 6) is 0.366. The molecular weight excluding hydrogens is 389 g/mol. The van der Waals surface area contributed by atoms with Gasteiger partial charge in [0.1, 0.15) is 0 Å². The minimum absolute atomic E-state index is 0.0382. The molecule has 0 aliphatic heterocycles. The number of hydrogen-bond donors (Lipinski definition) is 2. The minimum Gasteiger partial charge on any atom is -0.334 e. The summed E-state index contributed by atoms with van der Waals surface area (Å²) in [6.45, 7) is 5.65. The number of anilines is 1. The Morgan fingerprint density at radius 1 is 1.00 bits per heavy atom. The predicted molar refractivity (Wildman–Crippen MR) is 105 cm³/mol. The van der Waals surface area contributed by atoms with Gasteiger partial charge in [-0.2, -0.15) is 13.2 Å². The van der Waals surface area contributed by atoms with Crippen molar-refractivity contribution in [2.24, 2.45) is 0 Å². The highest BCUT2D eigenvalue weighted by Gasteiger charge is 2.30. The van der Waals surface area contributed by atoms with Gasteiger partial charge in [0.15, 0.2) is 0 Å². The molecule has 2 amide bonds. The topological polar surface area (TPSA) is 58.2 Å². The van der Waals surface area contributed by atoms with Crippen molar-refractivity contribution in [1.29, 1.82) is 0 Å². The molecular formula is C20H23F3N2O2S. The molecule has 0 saturated carbocycles. The van der Waals surface area contributed by atoms with E-state index < -0.39 is 28.6 Å². The van der Waals surface area contributed by atoms with Gasteiger partial charge in [0, 0.05) is 33.5 Å². The second-order valence-electron chi connectivity index (χ2n) is 7.31. The van der Waals surface area contributed by atoms with Crippen molar-refractivity contribution in [3.8, 4) is 0 Å². The molecule has 4 nitrogen and oxygen atoms in total. The summed E-state index contributed by atoms with van der Waals surface area (Å²) in [5.41, 5.74) is 0.931. The standard InChI is InChI=1S/C20H23F3N2O2S/c1-19(2,3)28(27)13-15-7-5-9-17(11-15)25-18(26)24-12-14-6-4-8-16(10-14)20(21,22)23/h4-11H,12-13H2,1-3H3,(H2,24,25,26). The van der Waals surface area contributed by atoms with Crippen molar-refractivity contribution in [2.75, 3.05) is 5.32 Å². The highest BCUT2D eigenvalue weighted by molar-refractivity contribution is 7.85. The van der Waals surface area contributed by atoms with Gasteiger partial charge in [0.25, 0.3) is 0 Å². The third-order valence-electron chi connectivity index (χ3n) is 3.87. The fourth-order valence-corrected chi connectivity index (χ4v) is 3.24. The van der Waals surface area contributed by atoms with E-state index in [9.17, 15) is 22.2 Å². The maximum atomic E-state index is 12.7. The van der Waals surface area contributed by atoms with Crippen molar-refractivity contribution >= 4 is 22.5 Å². The Labute approximate surface area is 165 Å². The predicted octanol–water partition coefficient (Wildman–Crippen LogP) is 5.07. The number of hydrogen-bond acceptors (Lipinski definition) is 2. The van der Waals surface area contributed by atoms with E-state index in [0.29, 0.717) is 17.0 Å². The molecule has 8 heteroatoms. The maximum absolute atomic E-state index is 12.7. The van der Waals surface area contributed by atoms with E-state index in [1.165, 1.54) is 12.1 Å². The van der Waals surface area contributed by atoms with E-state index in [2.05, 4.69) is 10.6 Å². The molecule has 2 N–H and O–H groups in total. The van der Waals surface area contributed by atoms with Crippen molar-refractivity contribution in [3.05, 3.63) is 65.2 Å². The Hall–Kier alpha value is -2.35. The van der Waals surface area contributed by atoms with Gasteiger partial charge < -0.3 is 10.6 Å². The van der Waals surface area contributed by atoms with Crippen LogP contribution in [0.3, 0.4) is 0 Å². The lowest BCUT2D eigenvalue weighted by Gasteiger charge is -2.18. The average molecular weight is 412 g/mol. The first-order chi connectivity index (χ1) is 12.9. The zero-order valence-corrected chi connectivity index (χ0v) is 16.7. The summed E-state index contributed by atoms with van der Waals surface area (Å²) in [4.78, 5) is 12.1. The van der Waals surface area contributed by atoms with Crippen LogP contribution in [0.2, 0.25) is 0 Å². The van der Waals surface area contributed by atoms with Crippen LogP contribution in [0, 0.1) is 0 Å². The maximum Gasteiger partial charge on any atom is 0.416 e. The smallest absolute Gasteiger partial charge is 0.334 e. The molecule has 0 aliphatic rings. The van der Waals surface area contributed by atoms with Gasteiger partial charge in [-0.25, -0.2) is 4.79 Å². The third-order valence-corrected chi connectivity index (χ3v) is 5.83. The van der Waals surface area contributed by atoms with E-state index in [0.717, 1.165) is 17.7 Å². The SMILES string of the molecule is CC(C)(C)S(=O)Cc1cccc(NC(=O)NCc2cccc(C(F)(F)F)c2)c1. The van der Waals surface area contributed by atoms with Crippen LogP contribution in [0.1, 0.15) is 37.5 Å². The van der Waals surface area contributed by atoms with Gasteiger partial charge >= 0.3 is 12.2 Å². The van der Waals surface area contributed by atoms with Crippen molar-refractivity contribution in [3.63, 3.8) is 0 Å². The molecule has 2 rings (SSSR count). The van der Waals surface area contributed by atoms with E-state index in [-0.39, 0.29) is 11.3 Å². The fraction of sp³-hybridized carbons (Fsp3) is 0.350. The summed E-state index contributed by atoms with van der Waals surface area (Å²) in [6.07, 6.45) is -4.42. The highest BCUT2D eigenvalue weighted by atomic mass is 32.2. The van der Waals surface area contributed by atoms with Crippen LogP contribution < -0.4 is 10.6 Å². The summed E-state index contributed by atoms with van der Waals surface area (Å²) in [5, 5.41) is 5.17. The van der Waals surface area contributed by atoms with E-state index in [1.54, 1.807) is 18.2 Å². The van der Waals surface area contributed by atoms with Crippen molar-refractivity contribution in [2.45, 2.75) is 44.0 Å². The van der Waals surface area contributed by atoms with Crippen LogP contribution >= 0.6 is 0 Å². The zero-order chi connectivity index (χ0) is 20.9. The van der Waals surface area contributed by atoms with Crippen LogP contribution in [-0.2, 0) is 29.3 Å². The van der Waals surface area contributed by atoms with Crippen LogP contribution in [-0.4, -0.2) is 15.0 Å². The normalized spacial score (nSPS) is 13.1. The molecule has 28 heavy (non-hydrogen) atoms. The van der Waals surface area contributed by atoms with Crippen molar-refractivity contribution < 1.29 is 22.2 Å². The molecule has 2 aromatic rings. The van der Waals surface area contributed by atoms with E-state index in [4.69, 9.17) is 0 Å². The Morgan fingerprint density at radius 3 is 2.29 bits per heavy atom. The highest BCUT2D eigenvalue weighted by Crippen LogP contribution is 2.29. The number of alkyl halides is 3. The molecule has 1 atom stereocenters. The van der Waals surface area contributed by atoms with Gasteiger partial charge in [0.2, 0.25) is 0 Å². The molecule has 0 radical (unpaired) electrons.